The molecule has 0 fully saturated rings. The highest BCUT2D eigenvalue weighted by Crippen LogP contribution is 2.30. The fraction of sp³-hybridized carbons (Fsp3) is 0.250. The molecule has 112 valence electrons. The molecule has 0 unspecified atom stereocenters. The van der Waals surface area contributed by atoms with Crippen LogP contribution in [0.15, 0.2) is 46.9 Å². The molecule has 4 nitrogen and oxygen atoms in total. The summed E-state index contributed by atoms with van der Waals surface area (Å²) in [5.41, 5.74) is 6.44. The predicted octanol–water partition coefficient (Wildman–Crippen LogP) is 3.89. The number of ether oxygens (including phenoxy) is 3. The largest absolute Gasteiger partial charge is 0.490 e. The van der Waals surface area contributed by atoms with Gasteiger partial charge in [-0.15, -0.1) is 0 Å². The normalized spacial score (nSPS) is 10.2. The molecule has 21 heavy (non-hydrogen) atoms. The van der Waals surface area contributed by atoms with Crippen molar-refractivity contribution < 1.29 is 14.2 Å². The molecule has 0 bridgehead atoms. The first kappa shape index (κ1) is 15.5. The van der Waals surface area contributed by atoms with Crippen molar-refractivity contribution in [1.29, 1.82) is 0 Å². The van der Waals surface area contributed by atoms with E-state index in [1.807, 2.05) is 49.4 Å². The Morgan fingerprint density at radius 1 is 0.857 bits per heavy atom. The highest BCUT2D eigenvalue weighted by atomic mass is 79.9. The minimum atomic E-state index is 0.419. The Morgan fingerprint density at radius 2 is 1.43 bits per heavy atom. The van der Waals surface area contributed by atoms with Gasteiger partial charge in [-0.3, -0.25) is 0 Å². The summed E-state index contributed by atoms with van der Waals surface area (Å²) < 4.78 is 17.6. The molecule has 0 heterocycles. The highest BCUT2D eigenvalue weighted by Gasteiger charge is 2.05. The number of anilines is 1. The summed E-state index contributed by atoms with van der Waals surface area (Å²) in [7, 11) is 0. The van der Waals surface area contributed by atoms with Crippen LogP contribution in [0.5, 0.6) is 17.2 Å². The Kier molecular flexibility index (Phi) is 5.75. The van der Waals surface area contributed by atoms with Gasteiger partial charge in [0, 0.05) is 5.69 Å². The van der Waals surface area contributed by atoms with Gasteiger partial charge in [0.1, 0.15) is 19.0 Å². The van der Waals surface area contributed by atoms with E-state index >= 15 is 0 Å². The Bertz CT molecular complexity index is 589. The molecule has 0 spiro atoms. The zero-order valence-corrected chi connectivity index (χ0v) is 13.4. The quantitative estimate of drug-likeness (QED) is 0.607. The van der Waals surface area contributed by atoms with E-state index < -0.39 is 0 Å². The van der Waals surface area contributed by atoms with Crippen LogP contribution in [0, 0.1) is 0 Å². The molecular weight excluding hydrogens is 334 g/mol. The molecular formula is C16H18BrNO3. The number of para-hydroxylation sites is 2. The van der Waals surface area contributed by atoms with Crippen molar-refractivity contribution in [2.45, 2.75) is 6.92 Å². The maximum atomic E-state index is 5.79. The van der Waals surface area contributed by atoms with E-state index in [0.717, 1.165) is 16.0 Å². The lowest BCUT2D eigenvalue weighted by molar-refractivity contribution is 0.208. The molecule has 0 saturated carbocycles. The zero-order chi connectivity index (χ0) is 15.1. The van der Waals surface area contributed by atoms with Crippen molar-refractivity contribution in [2.24, 2.45) is 0 Å². The van der Waals surface area contributed by atoms with Crippen molar-refractivity contribution in [3.63, 3.8) is 0 Å². The first-order chi connectivity index (χ1) is 10.2. The Hall–Kier alpha value is -1.88. The summed E-state index contributed by atoms with van der Waals surface area (Å²) in [4.78, 5) is 0. The van der Waals surface area contributed by atoms with Gasteiger partial charge in [0.25, 0.3) is 0 Å². The summed E-state index contributed by atoms with van der Waals surface area (Å²) in [6, 6.07) is 13.1. The Balaban J connectivity index is 1.86. The van der Waals surface area contributed by atoms with Crippen molar-refractivity contribution in [1.82, 2.24) is 0 Å². The molecule has 5 heteroatoms. The number of halogens is 1. The minimum absolute atomic E-state index is 0.419. The Morgan fingerprint density at radius 3 is 2.10 bits per heavy atom. The maximum absolute atomic E-state index is 5.79. The average molecular weight is 352 g/mol. The maximum Gasteiger partial charge on any atom is 0.161 e. The van der Waals surface area contributed by atoms with Crippen molar-refractivity contribution in [3.8, 4) is 17.2 Å². The molecule has 0 aliphatic carbocycles. The van der Waals surface area contributed by atoms with E-state index in [1.165, 1.54) is 0 Å². The molecule has 2 rings (SSSR count). The van der Waals surface area contributed by atoms with Gasteiger partial charge in [-0.25, -0.2) is 0 Å². The zero-order valence-electron chi connectivity index (χ0n) is 11.8. The van der Waals surface area contributed by atoms with Crippen LogP contribution >= 0.6 is 15.9 Å². The topological polar surface area (TPSA) is 53.7 Å². The second kappa shape index (κ2) is 7.78. The van der Waals surface area contributed by atoms with Crippen LogP contribution in [-0.4, -0.2) is 19.8 Å². The van der Waals surface area contributed by atoms with Crippen molar-refractivity contribution in [2.75, 3.05) is 25.6 Å². The van der Waals surface area contributed by atoms with Gasteiger partial charge in [-0.1, -0.05) is 18.2 Å². The summed E-state index contributed by atoms with van der Waals surface area (Å²) in [6.45, 7) is 3.39. The first-order valence-corrected chi connectivity index (χ1v) is 7.53. The molecule has 0 amide bonds. The van der Waals surface area contributed by atoms with Crippen molar-refractivity contribution in [3.05, 3.63) is 46.9 Å². The fourth-order valence-corrected chi connectivity index (χ4v) is 2.17. The summed E-state index contributed by atoms with van der Waals surface area (Å²) in [5, 5.41) is 0. The van der Waals surface area contributed by atoms with Crippen LogP contribution in [0.2, 0.25) is 0 Å². The van der Waals surface area contributed by atoms with Crippen LogP contribution in [-0.2, 0) is 0 Å². The number of nitrogens with two attached hydrogens (primary N) is 1. The van der Waals surface area contributed by atoms with E-state index in [0.29, 0.717) is 31.3 Å². The van der Waals surface area contributed by atoms with Crippen LogP contribution in [0.3, 0.4) is 0 Å². The van der Waals surface area contributed by atoms with Gasteiger partial charge < -0.3 is 19.9 Å². The van der Waals surface area contributed by atoms with Gasteiger partial charge >= 0.3 is 0 Å². The third-order valence-corrected chi connectivity index (χ3v) is 3.59. The molecule has 0 aliphatic rings. The third-order valence-electron chi connectivity index (χ3n) is 2.74. The second-order valence-electron chi connectivity index (χ2n) is 4.24. The van der Waals surface area contributed by atoms with E-state index in [2.05, 4.69) is 15.9 Å². The smallest absolute Gasteiger partial charge is 0.161 e. The number of rotatable bonds is 7. The summed E-state index contributed by atoms with van der Waals surface area (Å²) in [6.07, 6.45) is 0. The lowest BCUT2D eigenvalue weighted by Crippen LogP contribution is -2.10. The Labute approximate surface area is 132 Å². The lowest BCUT2D eigenvalue weighted by atomic mass is 10.3. The first-order valence-electron chi connectivity index (χ1n) is 6.73. The molecule has 0 aliphatic heterocycles. The fourth-order valence-electron chi connectivity index (χ4n) is 1.79. The second-order valence-corrected chi connectivity index (χ2v) is 5.03. The minimum Gasteiger partial charge on any atom is -0.490 e. The molecule has 0 atom stereocenters. The monoisotopic (exact) mass is 351 g/mol. The van der Waals surface area contributed by atoms with Gasteiger partial charge in [-0.2, -0.15) is 0 Å². The number of hydrogen-bond donors (Lipinski definition) is 1. The predicted molar refractivity (Wildman–Crippen MR) is 87.2 cm³/mol. The lowest BCUT2D eigenvalue weighted by Gasteiger charge is -2.13. The van der Waals surface area contributed by atoms with Gasteiger partial charge in [0.05, 0.1) is 11.1 Å². The highest BCUT2D eigenvalue weighted by molar-refractivity contribution is 9.10. The third kappa shape index (κ3) is 4.29. The van der Waals surface area contributed by atoms with E-state index in [-0.39, 0.29) is 0 Å². The molecule has 2 aromatic rings. The number of benzene rings is 2. The van der Waals surface area contributed by atoms with Gasteiger partial charge in [-0.05, 0) is 47.1 Å². The number of nitrogen functional groups attached to an aromatic ring is 1. The molecule has 0 saturated heterocycles. The van der Waals surface area contributed by atoms with E-state index in [4.69, 9.17) is 19.9 Å². The van der Waals surface area contributed by atoms with Crippen LogP contribution < -0.4 is 19.9 Å². The van der Waals surface area contributed by atoms with E-state index in [9.17, 15) is 0 Å². The van der Waals surface area contributed by atoms with E-state index in [1.54, 1.807) is 0 Å². The average Bonchev–Trinajstić information content (AvgIpc) is 2.49. The molecule has 2 aromatic carbocycles. The van der Waals surface area contributed by atoms with Gasteiger partial charge in [0.2, 0.25) is 0 Å². The number of hydrogen-bond acceptors (Lipinski definition) is 4. The molecule has 2 N–H and O–H groups in total. The summed E-state index contributed by atoms with van der Waals surface area (Å²) in [5.74, 6) is 2.16. The van der Waals surface area contributed by atoms with Crippen LogP contribution in [0.25, 0.3) is 0 Å². The molecule has 0 radical (unpaired) electrons. The SMILES string of the molecule is CCOc1ccccc1OCCOc1cccc(N)c1Br. The standard InChI is InChI=1S/C16H18BrNO3/c1-2-19-13-7-3-4-8-14(13)20-10-11-21-15-9-5-6-12(18)16(15)17/h3-9H,2,10-11,18H2,1H3. The van der Waals surface area contributed by atoms with Crippen LogP contribution in [0.4, 0.5) is 5.69 Å². The van der Waals surface area contributed by atoms with Gasteiger partial charge in [0.15, 0.2) is 11.5 Å². The van der Waals surface area contributed by atoms with Crippen molar-refractivity contribution >= 4 is 21.6 Å². The van der Waals surface area contributed by atoms with Crippen LogP contribution in [0.1, 0.15) is 6.92 Å². The summed E-state index contributed by atoms with van der Waals surface area (Å²) >= 11 is 3.40. The molecule has 0 aromatic heterocycles.